The molecule has 0 saturated carbocycles. The van der Waals surface area contributed by atoms with Gasteiger partial charge in [-0.3, -0.25) is 4.90 Å². The molecule has 1 aliphatic heterocycles. The molecule has 5 nitrogen and oxygen atoms in total. The first-order valence-electron chi connectivity index (χ1n) is 6.39. The summed E-state index contributed by atoms with van der Waals surface area (Å²) in [6.45, 7) is 2.65. The molecule has 2 aromatic rings. The van der Waals surface area contributed by atoms with Crippen molar-refractivity contribution in [3.8, 4) is 0 Å². The van der Waals surface area contributed by atoms with Crippen LogP contribution in [0.1, 0.15) is 12.8 Å². The van der Waals surface area contributed by atoms with Gasteiger partial charge >= 0.3 is 0 Å². The van der Waals surface area contributed by atoms with Crippen molar-refractivity contribution in [3.05, 3.63) is 24.3 Å². The monoisotopic (exact) mass is 246 g/mol. The zero-order valence-corrected chi connectivity index (χ0v) is 10.6. The number of nitrogens with zero attached hydrogens (tertiary/aromatic N) is 4. The van der Waals surface area contributed by atoms with Gasteiger partial charge in [0.2, 0.25) is 0 Å². The van der Waals surface area contributed by atoms with Crippen molar-refractivity contribution >= 4 is 11.0 Å². The van der Waals surface area contributed by atoms with Crippen LogP contribution in [0.5, 0.6) is 0 Å². The predicted octanol–water partition coefficient (Wildman–Crippen LogP) is 1.50. The number of ether oxygens (including phenoxy) is 1. The number of likely N-dealkylation sites (tertiary alicyclic amines) is 1. The first-order valence-corrected chi connectivity index (χ1v) is 6.39. The molecule has 1 saturated heterocycles. The van der Waals surface area contributed by atoms with Crippen LogP contribution in [0.4, 0.5) is 0 Å². The fraction of sp³-hybridized carbons (Fsp3) is 0.538. The van der Waals surface area contributed by atoms with E-state index >= 15 is 0 Å². The number of fused-ring (bicyclic) bond motifs is 1. The Balaban J connectivity index is 1.75. The van der Waals surface area contributed by atoms with E-state index < -0.39 is 0 Å². The Kier molecular flexibility index (Phi) is 3.25. The van der Waals surface area contributed by atoms with Crippen LogP contribution in [0.2, 0.25) is 0 Å². The standard InChI is InChI=1S/C13H18N4O/c1-18-9-11-5-4-8-16(11)10-17-14-12-6-2-3-7-13(12)15-17/h2-3,6-7,11H,4-5,8-10H2,1H3/t11-/m0/s1. The summed E-state index contributed by atoms with van der Waals surface area (Å²) in [5, 5.41) is 8.99. The van der Waals surface area contributed by atoms with Crippen LogP contribution in [-0.2, 0) is 11.4 Å². The maximum Gasteiger partial charge on any atom is 0.113 e. The highest BCUT2D eigenvalue weighted by Gasteiger charge is 2.24. The minimum absolute atomic E-state index is 0.504. The lowest BCUT2D eigenvalue weighted by Gasteiger charge is -2.22. The average molecular weight is 246 g/mol. The molecule has 3 rings (SSSR count). The van der Waals surface area contributed by atoms with E-state index in [4.69, 9.17) is 4.74 Å². The van der Waals surface area contributed by atoms with Crippen molar-refractivity contribution in [1.82, 2.24) is 19.9 Å². The molecule has 0 bridgehead atoms. The summed E-state index contributed by atoms with van der Waals surface area (Å²) in [6, 6.07) is 8.48. The third kappa shape index (κ3) is 2.23. The third-order valence-electron chi connectivity index (χ3n) is 3.49. The van der Waals surface area contributed by atoms with Crippen LogP contribution in [-0.4, -0.2) is 46.2 Å². The average Bonchev–Trinajstić information content (AvgIpc) is 2.97. The van der Waals surface area contributed by atoms with Gasteiger partial charge in [-0.25, -0.2) is 0 Å². The number of hydrogen-bond acceptors (Lipinski definition) is 4. The largest absolute Gasteiger partial charge is 0.383 e. The van der Waals surface area contributed by atoms with E-state index in [9.17, 15) is 0 Å². The minimum Gasteiger partial charge on any atom is -0.383 e. The van der Waals surface area contributed by atoms with E-state index in [1.165, 1.54) is 12.8 Å². The number of aromatic nitrogens is 3. The molecule has 1 aromatic heterocycles. The lowest BCUT2D eigenvalue weighted by Crippen LogP contribution is -2.35. The fourth-order valence-corrected chi connectivity index (χ4v) is 2.59. The van der Waals surface area contributed by atoms with E-state index in [1.54, 1.807) is 11.9 Å². The van der Waals surface area contributed by atoms with Crippen molar-refractivity contribution in [2.45, 2.75) is 25.6 Å². The predicted molar refractivity (Wildman–Crippen MR) is 69.1 cm³/mol. The Morgan fingerprint density at radius 3 is 2.67 bits per heavy atom. The molecule has 5 heteroatoms. The molecular formula is C13H18N4O. The smallest absolute Gasteiger partial charge is 0.113 e. The van der Waals surface area contributed by atoms with Gasteiger partial charge in [-0.05, 0) is 25.0 Å². The van der Waals surface area contributed by atoms with Gasteiger partial charge in [0, 0.05) is 19.7 Å². The van der Waals surface area contributed by atoms with Crippen molar-refractivity contribution in [3.63, 3.8) is 0 Å². The number of hydrogen-bond donors (Lipinski definition) is 0. The Labute approximate surface area is 106 Å². The van der Waals surface area contributed by atoms with Gasteiger partial charge in [0.05, 0.1) is 6.61 Å². The Bertz CT molecular complexity index is 491. The molecule has 0 spiro atoms. The van der Waals surface area contributed by atoms with Crippen LogP contribution in [0.15, 0.2) is 24.3 Å². The molecule has 1 aliphatic rings. The molecule has 18 heavy (non-hydrogen) atoms. The molecule has 1 aromatic carbocycles. The molecule has 2 heterocycles. The fourth-order valence-electron chi connectivity index (χ4n) is 2.59. The van der Waals surface area contributed by atoms with Gasteiger partial charge in [0.1, 0.15) is 17.7 Å². The molecule has 0 unspecified atom stereocenters. The molecule has 1 atom stereocenters. The van der Waals surface area contributed by atoms with Crippen molar-refractivity contribution < 1.29 is 4.74 Å². The highest BCUT2D eigenvalue weighted by molar-refractivity contribution is 5.72. The van der Waals surface area contributed by atoms with Crippen LogP contribution in [0.25, 0.3) is 11.0 Å². The lowest BCUT2D eigenvalue weighted by molar-refractivity contribution is 0.0907. The Hall–Kier alpha value is -1.46. The van der Waals surface area contributed by atoms with E-state index in [2.05, 4.69) is 15.1 Å². The molecule has 0 N–H and O–H groups in total. The number of benzene rings is 1. The normalized spacial score (nSPS) is 20.8. The number of methoxy groups -OCH3 is 1. The Morgan fingerprint density at radius 2 is 2.00 bits per heavy atom. The number of rotatable bonds is 4. The quantitative estimate of drug-likeness (QED) is 0.820. The molecule has 0 amide bonds. The molecule has 0 radical (unpaired) electrons. The van der Waals surface area contributed by atoms with Crippen LogP contribution >= 0.6 is 0 Å². The summed E-state index contributed by atoms with van der Waals surface area (Å²) in [5.74, 6) is 0. The first-order chi connectivity index (χ1) is 8.86. The van der Waals surface area contributed by atoms with Gasteiger partial charge in [0.15, 0.2) is 0 Å². The summed E-state index contributed by atoms with van der Waals surface area (Å²) < 4.78 is 5.26. The first kappa shape index (κ1) is 11.6. The van der Waals surface area contributed by atoms with Crippen LogP contribution < -0.4 is 0 Å². The molecule has 1 fully saturated rings. The maximum absolute atomic E-state index is 5.26. The summed E-state index contributed by atoms with van der Waals surface area (Å²) in [6.07, 6.45) is 2.43. The highest BCUT2D eigenvalue weighted by atomic mass is 16.5. The topological polar surface area (TPSA) is 43.2 Å². The lowest BCUT2D eigenvalue weighted by atomic mass is 10.2. The second-order valence-corrected chi connectivity index (χ2v) is 4.77. The summed E-state index contributed by atoms with van der Waals surface area (Å²) >= 11 is 0. The second-order valence-electron chi connectivity index (χ2n) is 4.77. The van der Waals surface area contributed by atoms with Gasteiger partial charge in [-0.1, -0.05) is 12.1 Å². The minimum atomic E-state index is 0.504. The SMILES string of the molecule is COC[C@@H]1CCCN1Cn1nc2ccccc2n1. The van der Waals surface area contributed by atoms with E-state index in [-0.39, 0.29) is 0 Å². The zero-order chi connectivity index (χ0) is 12.4. The van der Waals surface area contributed by atoms with Crippen molar-refractivity contribution in [2.24, 2.45) is 0 Å². The molecular weight excluding hydrogens is 228 g/mol. The van der Waals surface area contributed by atoms with Gasteiger partial charge < -0.3 is 4.74 Å². The van der Waals surface area contributed by atoms with E-state index in [0.717, 1.165) is 30.9 Å². The molecule has 96 valence electrons. The van der Waals surface area contributed by atoms with Gasteiger partial charge in [-0.2, -0.15) is 15.0 Å². The summed E-state index contributed by atoms with van der Waals surface area (Å²) in [4.78, 5) is 4.18. The van der Waals surface area contributed by atoms with Crippen LogP contribution in [0.3, 0.4) is 0 Å². The summed E-state index contributed by atoms with van der Waals surface area (Å²) in [7, 11) is 1.76. The van der Waals surface area contributed by atoms with Gasteiger partial charge in [-0.15, -0.1) is 0 Å². The van der Waals surface area contributed by atoms with E-state index in [1.807, 2.05) is 24.3 Å². The Morgan fingerprint density at radius 1 is 1.28 bits per heavy atom. The summed E-state index contributed by atoms with van der Waals surface area (Å²) in [5.41, 5.74) is 1.92. The van der Waals surface area contributed by atoms with Crippen LogP contribution in [0, 0.1) is 0 Å². The third-order valence-corrected chi connectivity index (χ3v) is 3.49. The maximum atomic E-state index is 5.26. The highest BCUT2D eigenvalue weighted by Crippen LogP contribution is 2.18. The van der Waals surface area contributed by atoms with Crippen molar-refractivity contribution in [2.75, 3.05) is 20.3 Å². The zero-order valence-electron chi connectivity index (χ0n) is 10.6. The molecule has 0 aliphatic carbocycles. The van der Waals surface area contributed by atoms with E-state index in [0.29, 0.717) is 6.04 Å². The second kappa shape index (κ2) is 5.04. The van der Waals surface area contributed by atoms with Gasteiger partial charge in [0.25, 0.3) is 0 Å². The van der Waals surface area contributed by atoms with Crippen molar-refractivity contribution in [1.29, 1.82) is 0 Å².